The second-order valence-corrected chi connectivity index (χ2v) is 5.62. The molecule has 1 fully saturated rings. The maximum absolute atomic E-state index is 12.5. The number of alkyl halides is 3. The van der Waals surface area contributed by atoms with Gasteiger partial charge >= 0.3 is 6.18 Å². The number of halogens is 3. The maximum Gasteiger partial charge on any atom is 0.406 e. The lowest BCUT2D eigenvalue weighted by atomic mass is 10.1. The molecular formula is C15H17F3N2O2. The summed E-state index contributed by atoms with van der Waals surface area (Å²) in [6, 6.07) is 5.12. The van der Waals surface area contributed by atoms with Crippen LogP contribution in [0.2, 0.25) is 0 Å². The summed E-state index contributed by atoms with van der Waals surface area (Å²) < 4.78 is 42.6. The first-order valence-electron chi connectivity index (χ1n) is 7.18. The molecule has 120 valence electrons. The molecule has 7 heteroatoms. The lowest BCUT2D eigenvalue weighted by molar-refractivity contribution is -0.157. The van der Waals surface area contributed by atoms with Crippen molar-refractivity contribution in [1.29, 1.82) is 0 Å². The predicted molar refractivity (Wildman–Crippen MR) is 75.1 cm³/mol. The fourth-order valence-electron chi connectivity index (χ4n) is 3.24. The molecule has 1 aromatic carbocycles. The molecule has 4 nitrogen and oxygen atoms in total. The van der Waals surface area contributed by atoms with E-state index in [2.05, 4.69) is 0 Å². The molecule has 1 unspecified atom stereocenters. The van der Waals surface area contributed by atoms with Crippen molar-refractivity contribution >= 4 is 11.6 Å². The molecule has 0 aliphatic carbocycles. The van der Waals surface area contributed by atoms with Crippen LogP contribution in [-0.2, 0) is 11.2 Å². The number of hydrogen-bond donors (Lipinski definition) is 0. The number of amides is 1. The van der Waals surface area contributed by atoms with E-state index in [1.165, 1.54) is 0 Å². The van der Waals surface area contributed by atoms with Gasteiger partial charge in [0, 0.05) is 18.8 Å². The van der Waals surface area contributed by atoms with E-state index in [1.54, 1.807) is 7.11 Å². The van der Waals surface area contributed by atoms with Gasteiger partial charge in [0.1, 0.15) is 18.3 Å². The topological polar surface area (TPSA) is 32.8 Å². The first-order chi connectivity index (χ1) is 10.4. The molecular weight excluding hydrogens is 297 g/mol. The van der Waals surface area contributed by atoms with Gasteiger partial charge in [0.15, 0.2) is 0 Å². The molecule has 0 N–H and O–H groups in total. The highest BCUT2D eigenvalue weighted by atomic mass is 19.4. The smallest absolute Gasteiger partial charge is 0.406 e. The van der Waals surface area contributed by atoms with Crippen LogP contribution in [0.25, 0.3) is 0 Å². The highest BCUT2D eigenvalue weighted by molar-refractivity contribution is 5.88. The third kappa shape index (κ3) is 2.71. The number of fused-ring (bicyclic) bond motifs is 1. The molecule has 1 saturated heterocycles. The monoisotopic (exact) mass is 314 g/mol. The van der Waals surface area contributed by atoms with Gasteiger partial charge in [-0.1, -0.05) is 0 Å². The molecule has 1 amide bonds. The fourth-order valence-corrected chi connectivity index (χ4v) is 3.24. The van der Waals surface area contributed by atoms with E-state index < -0.39 is 24.7 Å². The van der Waals surface area contributed by atoms with E-state index in [0.717, 1.165) is 28.3 Å². The Morgan fingerprint density at radius 3 is 2.77 bits per heavy atom. The molecule has 0 aromatic heterocycles. The van der Waals surface area contributed by atoms with Crippen LogP contribution in [0.4, 0.5) is 18.9 Å². The minimum atomic E-state index is -4.35. The van der Waals surface area contributed by atoms with Crippen molar-refractivity contribution in [3.05, 3.63) is 23.8 Å². The number of carbonyl (C=O) groups is 1. The quantitative estimate of drug-likeness (QED) is 0.858. The van der Waals surface area contributed by atoms with Crippen molar-refractivity contribution in [2.24, 2.45) is 0 Å². The molecule has 22 heavy (non-hydrogen) atoms. The Balaban J connectivity index is 1.76. The number of anilines is 1. The Morgan fingerprint density at radius 2 is 2.09 bits per heavy atom. The summed E-state index contributed by atoms with van der Waals surface area (Å²) in [6.07, 6.45) is -3.14. The van der Waals surface area contributed by atoms with Crippen LogP contribution < -0.4 is 9.64 Å². The van der Waals surface area contributed by atoms with Gasteiger partial charge in [0.25, 0.3) is 0 Å². The van der Waals surface area contributed by atoms with E-state index in [0.29, 0.717) is 13.0 Å². The summed E-state index contributed by atoms with van der Waals surface area (Å²) >= 11 is 0. The minimum Gasteiger partial charge on any atom is -0.497 e. The average Bonchev–Trinajstić information content (AvgIpc) is 3.01. The minimum absolute atomic E-state index is 0.158. The van der Waals surface area contributed by atoms with Gasteiger partial charge < -0.3 is 14.5 Å². The first kappa shape index (κ1) is 15.0. The molecule has 2 heterocycles. The number of likely N-dealkylation sites (tertiary alicyclic amines) is 1. The molecule has 2 aliphatic heterocycles. The summed E-state index contributed by atoms with van der Waals surface area (Å²) in [5, 5.41) is 0. The van der Waals surface area contributed by atoms with Crippen LogP contribution in [0.3, 0.4) is 0 Å². The van der Waals surface area contributed by atoms with Crippen LogP contribution in [0.15, 0.2) is 18.2 Å². The summed E-state index contributed by atoms with van der Waals surface area (Å²) in [6.45, 7) is -0.352. The van der Waals surface area contributed by atoms with E-state index in [-0.39, 0.29) is 6.54 Å². The fraction of sp³-hybridized carbons (Fsp3) is 0.533. The maximum atomic E-state index is 12.5. The SMILES string of the molecule is COc1ccc2c(c1)CCN2C1CCN(CC(F)(F)F)C1=O. The van der Waals surface area contributed by atoms with Gasteiger partial charge in [0.05, 0.1) is 7.11 Å². The number of methoxy groups -OCH3 is 1. The van der Waals surface area contributed by atoms with Crippen molar-refractivity contribution in [3.8, 4) is 5.75 Å². The van der Waals surface area contributed by atoms with E-state index in [4.69, 9.17) is 4.74 Å². The summed E-state index contributed by atoms with van der Waals surface area (Å²) in [4.78, 5) is 15.1. The lowest BCUT2D eigenvalue weighted by Gasteiger charge is -2.26. The van der Waals surface area contributed by atoms with Gasteiger partial charge in [-0.2, -0.15) is 13.2 Å². The highest BCUT2D eigenvalue weighted by Crippen LogP contribution is 2.35. The van der Waals surface area contributed by atoms with Crippen molar-refractivity contribution < 1.29 is 22.7 Å². The Hall–Kier alpha value is -1.92. The van der Waals surface area contributed by atoms with Crippen molar-refractivity contribution in [2.45, 2.75) is 25.1 Å². The molecule has 3 rings (SSSR count). The summed E-state index contributed by atoms with van der Waals surface area (Å²) in [7, 11) is 1.59. The van der Waals surface area contributed by atoms with Crippen molar-refractivity contribution in [2.75, 3.05) is 31.6 Å². The molecule has 0 spiro atoms. The zero-order valence-electron chi connectivity index (χ0n) is 12.2. The lowest BCUT2D eigenvalue weighted by Crippen LogP contribution is -2.43. The second-order valence-electron chi connectivity index (χ2n) is 5.62. The van der Waals surface area contributed by atoms with Gasteiger partial charge in [0.2, 0.25) is 5.91 Å². The highest BCUT2D eigenvalue weighted by Gasteiger charge is 2.42. The Kier molecular flexibility index (Phi) is 3.66. The largest absolute Gasteiger partial charge is 0.497 e. The molecule has 1 atom stereocenters. The van der Waals surface area contributed by atoms with Crippen LogP contribution in [0.1, 0.15) is 12.0 Å². The standard InChI is InChI=1S/C15H17F3N2O2/c1-22-11-2-3-12-10(8-11)4-7-20(12)13-5-6-19(14(13)21)9-15(16,17)18/h2-3,8,13H,4-7,9H2,1H3. The molecule has 0 bridgehead atoms. The Morgan fingerprint density at radius 1 is 1.32 bits per heavy atom. The number of ether oxygens (including phenoxy) is 1. The third-order valence-corrected chi connectivity index (χ3v) is 4.23. The number of carbonyl (C=O) groups excluding carboxylic acids is 1. The Labute approximate surface area is 126 Å². The van der Waals surface area contributed by atoms with Gasteiger partial charge in [-0.25, -0.2) is 0 Å². The zero-order chi connectivity index (χ0) is 15.9. The van der Waals surface area contributed by atoms with Crippen LogP contribution >= 0.6 is 0 Å². The van der Waals surface area contributed by atoms with Crippen molar-refractivity contribution in [3.63, 3.8) is 0 Å². The summed E-state index contributed by atoms with van der Waals surface area (Å²) in [5.41, 5.74) is 1.99. The first-order valence-corrected chi connectivity index (χ1v) is 7.18. The van der Waals surface area contributed by atoms with Crippen LogP contribution in [-0.4, -0.2) is 49.8 Å². The van der Waals surface area contributed by atoms with Gasteiger partial charge in [-0.3, -0.25) is 4.79 Å². The van der Waals surface area contributed by atoms with E-state index >= 15 is 0 Å². The van der Waals surface area contributed by atoms with Gasteiger partial charge in [-0.15, -0.1) is 0 Å². The predicted octanol–water partition coefficient (Wildman–Crippen LogP) is 2.22. The Bertz CT molecular complexity index is 589. The third-order valence-electron chi connectivity index (χ3n) is 4.23. The molecule has 0 radical (unpaired) electrons. The summed E-state index contributed by atoms with van der Waals surface area (Å²) in [5.74, 6) is 0.318. The van der Waals surface area contributed by atoms with Crippen LogP contribution in [0, 0.1) is 0 Å². The average molecular weight is 314 g/mol. The van der Waals surface area contributed by atoms with E-state index in [1.807, 2.05) is 23.1 Å². The van der Waals surface area contributed by atoms with E-state index in [9.17, 15) is 18.0 Å². The van der Waals surface area contributed by atoms with Crippen molar-refractivity contribution in [1.82, 2.24) is 4.90 Å². The molecule has 1 aromatic rings. The number of rotatable bonds is 3. The normalized spacial score (nSPS) is 21.5. The second kappa shape index (κ2) is 5.37. The van der Waals surface area contributed by atoms with Crippen LogP contribution in [0.5, 0.6) is 5.75 Å². The van der Waals surface area contributed by atoms with Gasteiger partial charge in [-0.05, 0) is 36.6 Å². The number of hydrogen-bond acceptors (Lipinski definition) is 3. The zero-order valence-corrected chi connectivity index (χ0v) is 12.2. The molecule has 2 aliphatic rings. The molecule has 0 saturated carbocycles. The number of nitrogens with zero attached hydrogens (tertiary/aromatic N) is 2. The number of benzene rings is 1.